The molecule has 9 heteroatoms. The van der Waals surface area contributed by atoms with E-state index in [4.69, 9.17) is 33.4 Å². The van der Waals surface area contributed by atoms with Gasteiger partial charge in [0.05, 0.1) is 6.54 Å². The molecule has 6 nitrogen and oxygen atoms in total. The van der Waals surface area contributed by atoms with Crippen LogP contribution < -0.4 is 16.4 Å². The Kier molecular flexibility index (Phi) is 8.37. The monoisotopic (exact) mass is 482 g/mol. The first-order chi connectivity index (χ1) is 11.0. The summed E-state index contributed by atoms with van der Waals surface area (Å²) in [5.41, 5.74) is 6.03. The zero-order valence-electron chi connectivity index (χ0n) is 12.8. The number of furan rings is 1. The Hall–Kier alpha value is -1.45. The molecule has 0 fully saturated rings. The van der Waals surface area contributed by atoms with Crippen molar-refractivity contribution in [3.05, 3.63) is 57.5 Å². The summed E-state index contributed by atoms with van der Waals surface area (Å²) in [7, 11) is 1.65. The van der Waals surface area contributed by atoms with Crippen LogP contribution >= 0.6 is 47.2 Å². The molecule has 1 heterocycles. The zero-order chi connectivity index (χ0) is 16.8. The van der Waals surface area contributed by atoms with Gasteiger partial charge in [-0.05, 0) is 29.8 Å². The molecule has 0 radical (unpaired) electrons. The minimum atomic E-state index is -0.601. The van der Waals surface area contributed by atoms with E-state index in [-0.39, 0.29) is 29.7 Å². The quantitative estimate of drug-likeness (QED) is 0.346. The van der Waals surface area contributed by atoms with Gasteiger partial charge in [-0.1, -0.05) is 29.3 Å². The van der Waals surface area contributed by atoms with E-state index in [2.05, 4.69) is 15.6 Å². The van der Waals surface area contributed by atoms with Crippen LogP contribution in [0.3, 0.4) is 0 Å². The van der Waals surface area contributed by atoms with Crippen molar-refractivity contribution >= 4 is 59.0 Å². The van der Waals surface area contributed by atoms with Crippen molar-refractivity contribution in [1.29, 1.82) is 0 Å². The average molecular weight is 483 g/mol. The van der Waals surface area contributed by atoms with Crippen molar-refractivity contribution in [2.24, 2.45) is 10.7 Å². The first-order valence-electron chi connectivity index (χ1n) is 6.76. The number of aliphatic imine (C=N–C) groups is 1. The largest absolute Gasteiger partial charge is 0.454 e. The topological polar surface area (TPSA) is 92.6 Å². The van der Waals surface area contributed by atoms with Crippen molar-refractivity contribution in [1.82, 2.24) is 10.6 Å². The lowest BCUT2D eigenvalue weighted by molar-refractivity contribution is 0.0972. The van der Waals surface area contributed by atoms with E-state index < -0.39 is 5.91 Å². The highest BCUT2D eigenvalue weighted by molar-refractivity contribution is 14.0. The molecule has 0 unspecified atom stereocenters. The van der Waals surface area contributed by atoms with Gasteiger partial charge >= 0.3 is 0 Å². The number of hydrogen-bond acceptors (Lipinski definition) is 3. The maximum atomic E-state index is 11.0. The molecule has 1 amide bonds. The molecule has 2 aromatic rings. The summed E-state index contributed by atoms with van der Waals surface area (Å²) in [6.07, 6.45) is 0. The van der Waals surface area contributed by atoms with Crippen LogP contribution in [0.4, 0.5) is 0 Å². The third-order valence-electron chi connectivity index (χ3n) is 3.02. The Morgan fingerprint density at radius 2 is 1.92 bits per heavy atom. The van der Waals surface area contributed by atoms with Gasteiger partial charge in [-0.25, -0.2) is 0 Å². The standard InChI is InChI=1S/C15H16Cl2N4O2.HI/c1-19-15(20-7-9-2-3-10(16)6-12(9)17)21-8-11-4-5-13(23-11)14(18)22;/h2-6H,7-8H2,1H3,(H2,18,22)(H2,19,20,21);1H. The summed E-state index contributed by atoms with van der Waals surface area (Å²) in [4.78, 5) is 15.1. The van der Waals surface area contributed by atoms with Crippen LogP contribution in [-0.4, -0.2) is 18.9 Å². The predicted molar refractivity (Wildman–Crippen MR) is 106 cm³/mol. The molecule has 0 atom stereocenters. The van der Waals surface area contributed by atoms with Crippen molar-refractivity contribution in [2.75, 3.05) is 7.05 Å². The molecule has 24 heavy (non-hydrogen) atoms. The molecule has 0 saturated heterocycles. The van der Waals surface area contributed by atoms with E-state index in [1.807, 2.05) is 6.07 Å². The number of carbonyl (C=O) groups is 1. The molecule has 0 aliphatic heterocycles. The lowest BCUT2D eigenvalue weighted by Crippen LogP contribution is -2.36. The number of nitrogens with one attached hydrogen (secondary N) is 2. The highest BCUT2D eigenvalue weighted by atomic mass is 127. The van der Waals surface area contributed by atoms with Crippen LogP contribution in [0.2, 0.25) is 10.0 Å². The third-order valence-corrected chi connectivity index (χ3v) is 3.61. The third kappa shape index (κ3) is 5.88. The molecular weight excluding hydrogens is 466 g/mol. The number of hydrogen-bond donors (Lipinski definition) is 3. The van der Waals surface area contributed by atoms with Gasteiger partial charge in [0.15, 0.2) is 11.7 Å². The number of rotatable bonds is 5. The number of nitrogens with zero attached hydrogens (tertiary/aromatic N) is 1. The van der Waals surface area contributed by atoms with Gasteiger partial charge in [-0.15, -0.1) is 24.0 Å². The Bertz CT molecular complexity index is 734. The fraction of sp³-hybridized carbons (Fsp3) is 0.200. The van der Waals surface area contributed by atoms with E-state index in [1.165, 1.54) is 6.07 Å². The maximum absolute atomic E-state index is 11.0. The van der Waals surface area contributed by atoms with Crippen molar-refractivity contribution in [3.8, 4) is 0 Å². The van der Waals surface area contributed by atoms with Crippen LogP contribution in [0, 0.1) is 0 Å². The second-order valence-corrected chi connectivity index (χ2v) is 5.49. The highest BCUT2D eigenvalue weighted by Gasteiger charge is 2.08. The molecule has 2 rings (SSSR count). The lowest BCUT2D eigenvalue weighted by atomic mass is 10.2. The van der Waals surface area contributed by atoms with Crippen LogP contribution in [-0.2, 0) is 13.1 Å². The molecular formula is C15H17Cl2IN4O2. The first-order valence-corrected chi connectivity index (χ1v) is 7.52. The minimum Gasteiger partial charge on any atom is -0.454 e. The normalized spacial score (nSPS) is 10.9. The summed E-state index contributed by atoms with van der Waals surface area (Å²) in [6.45, 7) is 0.849. The number of carbonyl (C=O) groups excluding carboxylic acids is 1. The summed E-state index contributed by atoms with van der Waals surface area (Å²) in [5.74, 6) is 0.660. The van der Waals surface area contributed by atoms with Gasteiger partial charge in [-0.3, -0.25) is 9.79 Å². The summed E-state index contributed by atoms with van der Waals surface area (Å²) in [5, 5.41) is 7.36. The van der Waals surface area contributed by atoms with Gasteiger partial charge in [0.25, 0.3) is 5.91 Å². The lowest BCUT2D eigenvalue weighted by Gasteiger charge is -2.12. The molecule has 0 bridgehead atoms. The van der Waals surface area contributed by atoms with Gasteiger partial charge < -0.3 is 20.8 Å². The van der Waals surface area contributed by atoms with E-state index in [1.54, 1.807) is 25.2 Å². The van der Waals surface area contributed by atoms with Gasteiger partial charge in [-0.2, -0.15) is 0 Å². The van der Waals surface area contributed by atoms with Gasteiger partial charge in [0.2, 0.25) is 0 Å². The van der Waals surface area contributed by atoms with Gasteiger partial charge in [0.1, 0.15) is 5.76 Å². The van der Waals surface area contributed by atoms with Crippen LogP contribution in [0.5, 0.6) is 0 Å². The summed E-state index contributed by atoms with van der Waals surface area (Å²) < 4.78 is 5.28. The van der Waals surface area contributed by atoms with Crippen molar-refractivity contribution in [3.63, 3.8) is 0 Å². The number of halogens is 3. The van der Waals surface area contributed by atoms with Gasteiger partial charge in [0, 0.05) is 23.6 Å². The second-order valence-electron chi connectivity index (χ2n) is 4.65. The fourth-order valence-corrected chi connectivity index (χ4v) is 2.32. The van der Waals surface area contributed by atoms with E-state index in [0.29, 0.717) is 34.9 Å². The first kappa shape index (κ1) is 20.6. The molecule has 4 N–H and O–H groups in total. The van der Waals surface area contributed by atoms with Crippen LogP contribution in [0.25, 0.3) is 0 Å². The van der Waals surface area contributed by atoms with Crippen LogP contribution in [0.1, 0.15) is 21.9 Å². The molecule has 0 spiro atoms. The average Bonchev–Trinajstić information content (AvgIpc) is 2.98. The Morgan fingerprint density at radius 3 is 2.50 bits per heavy atom. The number of amides is 1. The fourth-order valence-electron chi connectivity index (χ4n) is 1.84. The number of nitrogens with two attached hydrogens (primary N) is 1. The number of guanidine groups is 1. The predicted octanol–water partition coefficient (Wildman–Crippen LogP) is 3.17. The second kappa shape index (κ2) is 9.75. The van der Waals surface area contributed by atoms with Crippen molar-refractivity contribution in [2.45, 2.75) is 13.1 Å². The highest BCUT2D eigenvalue weighted by Crippen LogP contribution is 2.20. The molecule has 0 aliphatic rings. The van der Waals surface area contributed by atoms with E-state index in [0.717, 1.165) is 5.56 Å². The maximum Gasteiger partial charge on any atom is 0.284 e. The molecule has 0 aliphatic carbocycles. The molecule has 1 aromatic carbocycles. The SMILES string of the molecule is CN=C(NCc1ccc(C(N)=O)o1)NCc1ccc(Cl)cc1Cl.I. The van der Waals surface area contributed by atoms with E-state index >= 15 is 0 Å². The number of benzene rings is 1. The Balaban J connectivity index is 0.00000288. The molecule has 0 saturated carbocycles. The molecule has 130 valence electrons. The smallest absolute Gasteiger partial charge is 0.284 e. The Labute approximate surface area is 166 Å². The summed E-state index contributed by atoms with van der Waals surface area (Å²) in [6, 6.07) is 8.51. The minimum absolute atomic E-state index is 0. The summed E-state index contributed by atoms with van der Waals surface area (Å²) >= 11 is 12.0. The molecule has 1 aromatic heterocycles. The Morgan fingerprint density at radius 1 is 1.21 bits per heavy atom. The van der Waals surface area contributed by atoms with Crippen LogP contribution in [0.15, 0.2) is 39.7 Å². The van der Waals surface area contributed by atoms with Crippen molar-refractivity contribution < 1.29 is 9.21 Å². The zero-order valence-corrected chi connectivity index (χ0v) is 16.6. The van der Waals surface area contributed by atoms with E-state index in [9.17, 15) is 4.79 Å². The number of primary amides is 1.